The van der Waals surface area contributed by atoms with Crippen molar-refractivity contribution < 1.29 is 0 Å². The van der Waals surface area contributed by atoms with E-state index in [-0.39, 0.29) is 0 Å². The molecule has 0 saturated heterocycles. The monoisotopic (exact) mass is 98.1 g/mol. The van der Waals surface area contributed by atoms with Crippen LogP contribution in [0.5, 0.6) is 0 Å². The predicted molar refractivity (Wildman–Crippen MR) is 34.3 cm³/mol. The van der Waals surface area contributed by atoms with E-state index < -0.39 is 0 Å². The van der Waals surface area contributed by atoms with Crippen LogP contribution in [-0.2, 0) is 0 Å². The van der Waals surface area contributed by atoms with E-state index in [0.717, 1.165) is 0 Å². The van der Waals surface area contributed by atoms with Gasteiger partial charge in [-0.1, -0.05) is 32.9 Å². The van der Waals surface area contributed by atoms with Gasteiger partial charge in [-0.15, -0.1) is 0 Å². The number of hydrogen-bond acceptors (Lipinski definition) is 0. The normalized spacial score (nSPS) is 11.4. The second-order valence-electron chi connectivity index (χ2n) is 3.03. The number of hydrogen-bond donors (Lipinski definition) is 0. The maximum absolute atomic E-state index is 3.83. The molecule has 0 bridgehead atoms. The molecule has 0 aliphatic heterocycles. The Kier molecular flexibility index (Phi) is 1.63. The van der Waals surface area contributed by atoms with Gasteiger partial charge in [0.05, 0.1) is 0 Å². The SMILES string of the molecule is C=C(C)C(C)(C)C. The van der Waals surface area contributed by atoms with Crippen LogP contribution in [0.2, 0.25) is 0 Å². The van der Waals surface area contributed by atoms with E-state index in [4.69, 9.17) is 0 Å². The van der Waals surface area contributed by atoms with Crippen LogP contribution in [0.3, 0.4) is 0 Å². The molecule has 0 rings (SSSR count). The molecule has 0 aromatic heterocycles. The van der Waals surface area contributed by atoms with E-state index in [9.17, 15) is 0 Å². The molecule has 0 atom stereocenters. The van der Waals surface area contributed by atoms with Crippen molar-refractivity contribution in [1.82, 2.24) is 0 Å². The van der Waals surface area contributed by atoms with Crippen LogP contribution in [0.15, 0.2) is 12.2 Å². The summed E-state index contributed by atoms with van der Waals surface area (Å²) in [6.07, 6.45) is 0. The van der Waals surface area contributed by atoms with Crippen LogP contribution in [0, 0.1) is 5.41 Å². The summed E-state index contributed by atoms with van der Waals surface area (Å²) in [6, 6.07) is 0. The Morgan fingerprint density at radius 3 is 1.43 bits per heavy atom. The summed E-state index contributed by atoms with van der Waals surface area (Å²) in [5.74, 6) is 0. The summed E-state index contributed by atoms with van der Waals surface area (Å²) in [5.41, 5.74) is 1.55. The van der Waals surface area contributed by atoms with E-state index in [1.54, 1.807) is 0 Å². The van der Waals surface area contributed by atoms with Crippen molar-refractivity contribution in [2.24, 2.45) is 5.41 Å². The molecule has 0 N–H and O–H groups in total. The second kappa shape index (κ2) is 1.69. The summed E-state index contributed by atoms with van der Waals surface area (Å²) < 4.78 is 0. The van der Waals surface area contributed by atoms with Crippen LogP contribution < -0.4 is 0 Å². The fourth-order valence-electron chi connectivity index (χ4n) is 0. The molecule has 0 aromatic rings. The van der Waals surface area contributed by atoms with Crippen molar-refractivity contribution in [2.75, 3.05) is 0 Å². The topological polar surface area (TPSA) is 0 Å². The van der Waals surface area contributed by atoms with Crippen molar-refractivity contribution in [1.29, 1.82) is 0 Å². The molecule has 0 radical (unpaired) electrons. The molecule has 0 aromatic carbocycles. The lowest BCUT2D eigenvalue weighted by Crippen LogP contribution is -2.04. The van der Waals surface area contributed by atoms with E-state index >= 15 is 0 Å². The molecule has 0 spiro atoms. The van der Waals surface area contributed by atoms with Crippen LogP contribution in [-0.4, -0.2) is 0 Å². The van der Waals surface area contributed by atoms with E-state index in [1.807, 2.05) is 0 Å². The summed E-state index contributed by atoms with van der Waals surface area (Å²) in [4.78, 5) is 0. The molecular weight excluding hydrogens is 84.1 g/mol. The highest BCUT2D eigenvalue weighted by Crippen LogP contribution is 2.21. The molecule has 0 heteroatoms. The van der Waals surface area contributed by atoms with Crippen LogP contribution >= 0.6 is 0 Å². The average molecular weight is 98.2 g/mol. The Labute approximate surface area is 46.2 Å². The van der Waals surface area contributed by atoms with E-state index in [1.165, 1.54) is 5.57 Å². The minimum absolute atomic E-state index is 0.306. The number of rotatable bonds is 0. The lowest BCUT2D eigenvalue weighted by atomic mass is 9.89. The molecule has 0 saturated carbocycles. The molecular formula is C7H14. The highest BCUT2D eigenvalue weighted by Gasteiger charge is 2.08. The first-order valence-electron chi connectivity index (χ1n) is 2.60. The van der Waals surface area contributed by atoms with Gasteiger partial charge in [-0.25, -0.2) is 0 Å². The average Bonchev–Trinajstić information content (AvgIpc) is 1.31. The highest BCUT2D eigenvalue weighted by atomic mass is 14.1. The molecule has 7 heavy (non-hydrogen) atoms. The Morgan fingerprint density at radius 1 is 1.29 bits per heavy atom. The second-order valence-corrected chi connectivity index (χ2v) is 3.03. The first-order chi connectivity index (χ1) is 2.94. The maximum Gasteiger partial charge on any atom is -0.0178 e. The van der Waals surface area contributed by atoms with E-state index in [0.29, 0.717) is 5.41 Å². The van der Waals surface area contributed by atoms with Crippen LogP contribution in [0.4, 0.5) is 0 Å². The van der Waals surface area contributed by atoms with Gasteiger partial charge in [-0.05, 0) is 12.3 Å². The van der Waals surface area contributed by atoms with Gasteiger partial charge in [0.25, 0.3) is 0 Å². The minimum Gasteiger partial charge on any atom is -0.0996 e. The molecule has 0 fully saturated rings. The molecule has 0 amide bonds. The largest absolute Gasteiger partial charge is 0.0996 e. The summed E-state index contributed by atoms with van der Waals surface area (Å²) in [7, 11) is 0. The standard InChI is InChI=1S/C7H14/c1-6(2)7(3,4)5/h1H2,2-5H3. The van der Waals surface area contributed by atoms with Gasteiger partial charge in [-0.2, -0.15) is 0 Å². The van der Waals surface area contributed by atoms with Crippen LogP contribution in [0.25, 0.3) is 0 Å². The van der Waals surface area contributed by atoms with Gasteiger partial charge in [0, 0.05) is 0 Å². The molecule has 0 heterocycles. The minimum atomic E-state index is 0.306. The summed E-state index contributed by atoms with van der Waals surface area (Å²) in [6.45, 7) is 12.4. The van der Waals surface area contributed by atoms with Crippen molar-refractivity contribution in [2.45, 2.75) is 27.7 Å². The van der Waals surface area contributed by atoms with Gasteiger partial charge in [0.15, 0.2) is 0 Å². The van der Waals surface area contributed by atoms with Crippen LogP contribution in [0.1, 0.15) is 27.7 Å². The van der Waals surface area contributed by atoms with Gasteiger partial charge < -0.3 is 0 Å². The molecule has 0 nitrogen and oxygen atoms in total. The maximum atomic E-state index is 3.83. The zero-order valence-corrected chi connectivity index (χ0v) is 5.71. The quantitative estimate of drug-likeness (QED) is 0.408. The first-order valence-corrected chi connectivity index (χ1v) is 2.60. The fourth-order valence-corrected chi connectivity index (χ4v) is 0. The van der Waals surface area contributed by atoms with Crippen molar-refractivity contribution in [3.05, 3.63) is 12.2 Å². The van der Waals surface area contributed by atoms with Crippen molar-refractivity contribution >= 4 is 0 Å². The Hall–Kier alpha value is -0.260. The molecule has 0 unspecified atom stereocenters. The third-order valence-electron chi connectivity index (χ3n) is 1.28. The predicted octanol–water partition coefficient (Wildman–Crippen LogP) is 2.61. The van der Waals surface area contributed by atoms with Gasteiger partial charge in [0.1, 0.15) is 0 Å². The third-order valence-corrected chi connectivity index (χ3v) is 1.28. The molecule has 0 aliphatic carbocycles. The van der Waals surface area contributed by atoms with Crippen molar-refractivity contribution in [3.8, 4) is 0 Å². The zero-order chi connectivity index (χ0) is 6.08. The van der Waals surface area contributed by atoms with E-state index in [2.05, 4.69) is 34.3 Å². The Balaban J connectivity index is 3.79. The Bertz CT molecular complexity index is 72.5. The van der Waals surface area contributed by atoms with Gasteiger partial charge in [0.2, 0.25) is 0 Å². The third kappa shape index (κ3) is 2.44. The van der Waals surface area contributed by atoms with Crippen molar-refractivity contribution in [3.63, 3.8) is 0 Å². The first kappa shape index (κ1) is 6.74. The lowest BCUT2D eigenvalue weighted by Gasteiger charge is -2.16. The van der Waals surface area contributed by atoms with Gasteiger partial charge >= 0.3 is 0 Å². The smallest absolute Gasteiger partial charge is 0.0178 e. The molecule has 42 valence electrons. The number of allylic oxidation sites excluding steroid dienone is 1. The lowest BCUT2D eigenvalue weighted by molar-refractivity contribution is 0.506. The highest BCUT2D eigenvalue weighted by molar-refractivity contribution is 4.99. The summed E-state index contributed by atoms with van der Waals surface area (Å²) in [5, 5.41) is 0. The molecule has 0 aliphatic rings. The Morgan fingerprint density at radius 2 is 1.43 bits per heavy atom. The van der Waals surface area contributed by atoms with Gasteiger partial charge in [-0.3, -0.25) is 0 Å². The summed E-state index contributed by atoms with van der Waals surface area (Å²) >= 11 is 0. The zero-order valence-electron chi connectivity index (χ0n) is 5.71. The fraction of sp³-hybridized carbons (Fsp3) is 0.714.